The molecule has 1 atom stereocenters. The van der Waals surface area contributed by atoms with Crippen molar-refractivity contribution in [1.82, 2.24) is 0 Å². The van der Waals surface area contributed by atoms with E-state index in [-0.39, 0.29) is 11.7 Å². The Hall–Kier alpha value is -1.96. The lowest BCUT2D eigenvalue weighted by atomic mass is 10.0. The highest BCUT2D eigenvalue weighted by molar-refractivity contribution is 8.01. The van der Waals surface area contributed by atoms with Crippen LogP contribution in [0.3, 0.4) is 0 Å². The van der Waals surface area contributed by atoms with Gasteiger partial charge in [0.15, 0.2) is 0 Å². The molecule has 0 saturated carbocycles. The zero-order chi connectivity index (χ0) is 18.8. The number of nitrogen functional groups attached to an aromatic ring is 1. The van der Waals surface area contributed by atoms with E-state index in [1.165, 1.54) is 35.2 Å². The van der Waals surface area contributed by atoms with Crippen LogP contribution in [0.25, 0.3) is 11.1 Å². The zero-order valence-electron chi connectivity index (χ0n) is 14.2. The van der Waals surface area contributed by atoms with Gasteiger partial charge in [-0.3, -0.25) is 5.41 Å². The number of thioether (sulfide) groups is 1. The van der Waals surface area contributed by atoms with Gasteiger partial charge in [-0.05, 0) is 60.2 Å². The van der Waals surface area contributed by atoms with Crippen molar-refractivity contribution in [2.24, 2.45) is 5.73 Å². The Labute approximate surface area is 162 Å². The molecule has 3 N–H and O–H groups in total. The van der Waals surface area contributed by atoms with E-state index in [9.17, 15) is 8.60 Å². The summed E-state index contributed by atoms with van der Waals surface area (Å²) < 4.78 is 27.4. The van der Waals surface area contributed by atoms with Gasteiger partial charge in [-0.25, -0.2) is 8.60 Å². The van der Waals surface area contributed by atoms with Gasteiger partial charge < -0.3 is 5.73 Å². The van der Waals surface area contributed by atoms with Crippen LogP contribution >= 0.6 is 23.1 Å². The molecule has 7 heteroatoms. The Kier molecular flexibility index (Phi) is 5.60. The lowest BCUT2D eigenvalue weighted by Crippen LogP contribution is -2.08. The molecule has 1 heterocycles. The molecule has 26 heavy (non-hydrogen) atoms. The van der Waals surface area contributed by atoms with Crippen LogP contribution in [0.2, 0.25) is 0 Å². The third-order valence-corrected chi connectivity index (χ3v) is 7.83. The summed E-state index contributed by atoms with van der Waals surface area (Å²) in [6.07, 6.45) is 1.91. The van der Waals surface area contributed by atoms with Crippen LogP contribution in [0.1, 0.15) is 10.4 Å². The van der Waals surface area contributed by atoms with E-state index in [2.05, 4.69) is 0 Å². The van der Waals surface area contributed by atoms with Gasteiger partial charge in [-0.2, -0.15) is 0 Å². The molecule has 0 amide bonds. The highest BCUT2D eigenvalue weighted by atomic mass is 32.2. The Bertz CT molecular complexity index is 1010. The Morgan fingerprint density at radius 1 is 1.23 bits per heavy atom. The minimum absolute atomic E-state index is 0.0239. The molecule has 134 valence electrons. The van der Waals surface area contributed by atoms with Crippen LogP contribution in [0.5, 0.6) is 0 Å². The number of nitrogens with one attached hydrogen (secondary N) is 1. The quantitative estimate of drug-likeness (QED) is 0.356. The largest absolute Gasteiger partial charge is 0.383 e. The normalized spacial score (nSPS) is 12.1. The lowest BCUT2D eigenvalue weighted by Gasteiger charge is -2.09. The van der Waals surface area contributed by atoms with E-state index in [4.69, 9.17) is 11.1 Å². The molecule has 0 aliphatic heterocycles. The van der Waals surface area contributed by atoms with E-state index >= 15 is 0 Å². The van der Waals surface area contributed by atoms with E-state index in [0.717, 1.165) is 20.9 Å². The van der Waals surface area contributed by atoms with Crippen LogP contribution in [0.4, 0.5) is 4.39 Å². The van der Waals surface area contributed by atoms with Gasteiger partial charge in [0, 0.05) is 4.90 Å². The molecule has 0 radical (unpaired) electrons. The predicted octanol–water partition coefficient (Wildman–Crippen LogP) is 5.04. The highest BCUT2D eigenvalue weighted by Gasteiger charge is 2.18. The predicted molar refractivity (Wildman–Crippen MR) is 108 cm³/mol. The average Bonchev–Trinajstić information content (AvgIpc) is 3.06. The van der Waals surface area contributed by atoms with Gasteiger partial charge in [0.2, 0.25) is 0 Å². The van der Waals surface area contributed by atoms with Gasteiger partial charge in [-0.1, -0.05) is 18.2 Å². The Morgan fingerprint density at radius 2 is 2.00 bits per heavy atom. The fourth-order valence-electron chi connectivity index (χ4n) is 2.62. The molecule has 2 aromatic carbocycles. The van der Waals surface area contributed by atoms with Crippen LogP contribution in [-0.4, -0.2) is 16.3 Å². The number of rotatable bonds is 5. The number of amidine groups is 1. The molecule has 0 fully saturated rings. The summed E-state index contributed by atoms with van der Waals surface area (Å²) >= 11 is 2.87. The van der Waals surface area contributed by atoms with Gasteiger partial charge in [0.1, 0.15) is 11.7 Å². The molecular formula is C19H17FN2OS3. The summed E-state index contributed by atoms with van der Waals surface area (Å²) in [4.78, 5) is 1.94. The van der Waals surface area contributed by atoms with E-state index in [1.54, 1.807) is 12.1 Å². The van der Waals surface area contributed by atoms with Gasteiger partial charge in [0.05, 0.1) is 24.8 Å². The first-order valence-electron chi connectivity index (χ1n) is 7.71. The Morgan fingerprint density at radius 3 is 2.65 bits per heavy atom. The summed E-state index contributed by atoms with van der Waals surface area (Å²) in [7, 11) is -1.39. The first-order chi connectivity index (χ1) is 12.4. The van der Waals surface area contributed by atoms with Crippen LogP contribution in [0.15, 0.2) is 62.5 Å². The number of benzene rings is 2. The van der Waals surface area contributed by atoms with Crippen molar-refractivity contribution in [3.63, 3.8) is 0 Å². The topological polar surface area (TPSA) is 66.9 Å². The minimum atomic E-state index is -1.39. The standard InChI is InChI=1S/C19H17FN2OS3/c1-11-8-13(20)6-7-15(11)12-4-3-5-14(9-12)26(23)17-10-16(18(21)22)25-19(17)24-2/h3-10H,1-2H3,(H3,21,22). The molecule has 0 saturated heterocycles. The molecule has 0 bridgehead atoms. The molecule has 0 aliphatic carbocycles. The smallest absolute Gasteiger partial charge is 0.133 e. The van der Waals surface area contributed by atoms with Gasteiger partial charge in [-0.15, -0.1) is 23.1 Å². The number of nitrogens with two attached hydrogens (primary N) is 1. The van der Waals surface area contributed by atoms with Gasteiger partial charge >= 0.3 is 0 Å². The maximum atomic E-state index is 13.4. The molecule has 3 nitrogen and oxygen atoms in total. The number of halogens is 1. The summed E-state index contributed by atoms with van der Waals surface area (Å²) in [5.74, 6) is -0.296. The third kappa shape index (κ3) is 3.75. The molecule has 0 spiro atoms. The SMILES string of the molecule is CSc1sc(C(=N)N)cc1S(=O)c1cccc(-c2ccc(F)cc2C)c1. The molecule has 3 rings (SSSR count). The van der Waals surface area contributed by atoms with Crippen LogP contribution in [0, 0.1) is 18.2 Å². The molecule has 1 aromatic heterocycles. The van der Waals surface area contributed by atoms with Crippen molar-refractivity contribution in [3.8, 4) is 11.1 Å². The monoisotopic (exact) mass is 404 g/mol. The molecule has 0 aliphatic rings. The summed E-state index contributed by atoms with van der Waals surface area (Å²) in [6.45, 7) is 1.85. The van der Waals surface area contributed by atoms with Crippen molar-refractivity contribution in [3.05, 3.63) is 64.8 Å². The third-order valence-electron chi connectivity index (χ3n) is 3.86. The zero-order valence-corrected chi connectivity index (χ0v) is 16.7. The second-order valence-corrected chi connectivity index (χ2v) is 9.21. The van der Waals surface area contributed by atoms with Gasteiger partial charge in [0.25, 0.3) is 0 Å². The number of thiophene rings is 1. The van der Waals surface area contributed by atoms with Crippen molar-refractivity contribution in [2.75, 3.05) is 6.26 Å². The fraction of sp³-hybridized carbons (Fsp3) is 0.105. The number of hydrogen-bond donors (Lipinski definition) is 2. The summed E-state index contributed by atoms with van der Waals surface area (Å²) in [5.41, 5.74) is 8.20. The van der Waals surface area contributed by atoms with Crippen LogP contribution in [-0.2, 0) is 10.8 Å². The molecule has 3 aromatic rings. The summed E-state index contributed by atoms with van der Waals surface area (Å²) in [5, 5.41) is 7.60. The highest BCUT2D eigenvalue weighted by Crippen LogP contribution is 2.36. The minimum Gasteiger partial charge on any atom is -0.383 e. The maximum absolute atomic E-state index is 13.4. The number of hydrogen-bond acceptors (Lipinski definition) is 4. The van der Waals surface area contributed by atoms with Crippen molar-refractivity contribution in [1.29, 1.82) is 5.41 Å². The van der Waals surface area contributed by atoms with Crippen LogP contribution < -0.4 is 5.73 Å². The maximum Gasteiger partial charge on any atom is 0.133 e. The number of aryl methyl sites for hydroxylation is 1. The first kappa shape index (κ1) is 18.8. The first-order valence-corrected chi connectivity index (χ1v) is 10.9. The fourth-order valence-corrected chi connectivity index (χ4v) is 6.10. The van der Waals surface area contributed by atoms with Crippen molar-refractivity contribution >= 4 is 39.7 Å². The summed E-state index contributed by atoms with van der Waals surface area (Å²) in [6, 6.07) is 13.8. The van der Waals surface area contributed by atoms with E-state index in [0.29, 0.717) is 14.7 Å². The van der Waals surface area contributed by atoms with Crippen molar-refractivity contribution in [2.45, 2.75) is 20.9 Å². The van der Waals surface area contributed by atoms with Crippen molar-refractivity contribution < 1.29 is 8.60 Å². The molecule has 1 unspecified atom stereocenters. The van der Waals surface area contributed by atoms with E-state index < -0.39 is 10.8 Å². The lowest BCUT2D eigenvalue weighted by molar-refractivity contribution is 0.627. The Balaban J connectivity index is 2.03. The van der Waals surface area contributed by atoms with E-state index in [1.807, 2.05) is 37.4 Å². The molecular weight excluding hydrogens is 387 g/mol. The second-order valence-electron chi connectivity index (χ2n) is 5.64. The average molecular weight is 405 g/mol. The second kappa shape index (κ2) is 7.73.